The van der Waals surface area contributed by atoms with Crippen LogP contribution in [0, 0.1) is 6.92 Å². The molecule has 0 fully saturated rings. The van der Waals surface area contributed by atoms with E-state index in [2.05, 4.69) is 11.6 Å². The number of aromatic hydroxyl groups is 1. The first-order chi connectivity index (χ1) is 11.0. The Balaban J connectivity index is 2.40. The molecule has 0 spiro atoms. The Morgan fingerprint density at radius 3 is 2.78 bits per heavy atom. The Bertz CT molecular complexity index is 738. The maximum absolute atomic E-state index is 10.2. The van der Waals surface area contributed by atoms with Crippen LogP contribution in [-0.2, 0) is 6.42 Å². The molecule has 0 aliphatic rings. The first-order valence-electron chi connectivity index (χ1n) is 7.45. The summed E-state index contributed by atoms with van der Waals surface area (Å²) in [5, 5.41) is 10.9. The van der Waals surface area contributed by atoms with Gasteiger partial charge in [-0.3, -0.25) is 4.99 Å². The second-order valence-electron chi connectivity index (χ2n) is 5.14. The molecule has 0 unspecified atom stereocenters. The Morgan fingerprint density at radius 2 is 2.09 bits per heavy atom. The minimum atomic E-state index is 0.155. The lowest BCUT2D eigenvalue weighted by molar-refractivity contribution is 0.317. The van der Waals surface area contributed by atoms with Crippen LogP contribution in [0.2, 0.25) is 5.02 Å². The van der Waals surface area contributed by atoms with E-state index in [1.54, 1.807) is 18.4 Å². The number of ether oxygens (including phenoxy) is 1. The van der Waals surface area contributed by atoms with Crippen LogP contribution in [0.1, 0.15) is 23.6 Å². The number of hydrogen-bond donors (Lipinski definition) is 1. The van der Waals surface area contributed by atoms with Gasteiger partial charge in [-0.05, 0) is 55.7 Å². The van der Waals surface area contributed by atoms with E-state index in [1.165, 1.54) is 0 Å². The Kier molecular flexibility index (Phi) is 5.83. The summed E-state index contributed by atoms with van der Waals surface area (Å²) in [5.74, 6) is 0.610. The zero-order valence-corrected chi connectivity index (χ0v) is 14.1. The van der Waals surface area contributed by atoms with Gasteiger partial charge in [0.05, 0.1) is 12.3 Å². The van der Waals surface area contributed by atoms with Gasteiger partial charge in [0.2, 0.25) is 0 Å². The van der Waals surface area contributed by atoms with Crippen LogP contribution in [0.3, 0.4) is 0 Å². The number of aliphatic imine (C=N–C) groups is 1. The van der Waals surface area contributed by atoms with Gasteiger partial charge in [0.15, 0.2) is 11.5 Å². The average Bonchev–Trinajstić information content (AvgIpc) is 2.53. The summed E-state index contributed by atoms with van der Waals surface area (Å²) >= 11 is 6.01. The van der Waals surface area contributed by atoms with Crippen LogP contribution in [0.4, 0.5) is 5.69 Å². The molecule has 2 rings (SSSR count). The highest BCUT2D eigenvalue weighted by molar-refractivity contribution is 6.30. The van der Waals surface area contributed by atoms with Crippen molar-refractivity contribution in [3.63, 3.8) is 0 Å². The molecular weight excluding hydrogens is 310 g/mol. The van der Waals surface area contributed by atoms with Crippen LogP contribution < -0.4 is 4.74 Å². The normalized spacial score (nSPS) is 10.9. The van der Waals surface area contributed by atoms with Gasteiger partial charge in [-0.1, -0.05) is 23.7 Å². The highest BCUT2D eigenvalue weighted by atomic mass is 35.5. The van der Waals surface area contributed by atoms with E-state index >= 15 is 0 Å². The van der Waals surface area contributed by atoms with Crippen LogP contribution in [0.25, 0.3) is 0 Å². The van der Waals surface area contributed by atoms with Gasteiger partial charge >= 0.3 is 0 Å². The van der Waals surface area contributed by atoms with Crippen molar-refractivity contribution in [1.29, 1.82) is 0 Å². The van der Waals surface area contributed by atoms with Crippen molar-refractivity contribution >= 4 is 23.5 Å². The topological polar surface area (TPSA) is 41.8 Å². The molecule has 4 heteroatoms. The molecule has 0 radical (unpaired) electrons. The number of phenolic OH excluding ortho intramolecular Hbond substituents is 1. The molecule has 3 nitrogen and oxygen atoms in total. The molecule has 1 N–H and O–H groups in total. The lowest BCUT2D eigenvalue weighted by Gasteiger charge is -2.11. The summed E-state index contributed by atoms with van der Waals surface area (Å²) in [5.41, 5.74) is 3.47. The molecule has 0 atom stereocenters. The van der Waals surface area contributed by atoms with Crippen molar-refractivity contribution in [2.24, 2.45) is 4.99 Å². The SMILES string of the molecule is C=CCc1cc(C=Nc2cc(Cl)ccc2C)cc(OCC)c1O. The molecule has 0 aromatic heterocycles. The van der Waals surface area contributed by atoms with E-state index in [4.69, 9.17) is 16.3 Å². The van der Waals surface area contributed by atoms with Crippen LogP contribution in [0.5, 0.6) is 11.5 Å². The fourth-order valence-corrected chi connectivity index (χ4v) is 2.37. The van der Waals surface area contributed by atoms with Gasteiger partial charge in [-0.25, -0.2) is 0 Å². The van der Waals surface area contributed by atoms with E-state index in [9.17, 15) is 5.11 Å². The third-order valence-electron chi connectivity index (χ3n) is 3.36. The van der Waals surface area contributed by atoms with Crippen molar-refractivity contribution in [3.05, 3.63) is 64.7 Å². The second kappa shape index (κ2) is 7.84. The van der Waals surface area contributed by atoms with Crippen molar-refractivity contribution in [2.45, 2.75) is 20.3 Å². The summed E-state index contributed by atoms with van der Waals surface area (Å²) < 4.78 is 5.49. The molecule has 0 amide bonds. The monoisotopic (exact) mass is 329 g/mol. The smallest absolute Gasteiger partial charge is 0.161 e. The number of hydrogen-bond acceptors (Lipinski definition) is 3. The van der Waals surface area contributed by atoms with E-state index in [-0.39, 0.29) is 5.75 Å². The zero-order valence-electron chi connectivity index (χ0n) is 13.3. The molecule has 0 bridgehead atoms. The van der Waals surface area contributed by atoms with Crippen molar-refractivity contribution < 1.29 is 9.84 Å². The van der Waals surface area contributed by atoms with Crippen LogP contribution in [0.15, 0.2) is 48.0 Å². The highest BCUT2D eigenvalue weighted by Gasteiger charge is 2.09. The molecule has 2 aromatic rings. The van der Waals surface area contributed by atoms with Crippen molar-refractivity contribution in [1.82, 2.24) is 0 Å². The first-order valence-corrected chi connectivity index (χ1v) is 7.82. The minimum Gasteiger partial charge on any atom is -0.504 e. The number of rotatable bonds is 6. The Hall–Kier alpha value is -2.26. The standard InChI is InChI=1S/C19H20ClNO2/c1-4-6-15-9-14(10-18(19(15)22)23-5-2)12-21-17-11-16(20)8-7-13(17)3/h4,7-12,22H,1,5-6H2,2-3H3. The molecule has 120 valence electrons. The fraction of sp³-hybridized carbons (Fsp3) is 0.211. The predicted molar refractivity (Wildman–Crippen MR) is 96.6 cm³/mol. The second-order valence-corrected chi connectivity index (χ2v) is 5.58. The third-order valence-corrected chi connectivity index (χ3v) is 3.60. The molecule has 0 saturated heterocycles. The summed E-state index contributed by atoms with van der Waals surface area (Å²) in [6.07, 6.45) is 4.05. The van der Waals surface area contributed by atoms with E-state index in [0.29, 0.717) is 23.8 Å². The van der Waals surface area contributed by atoms with Gasteiger partial charge < -0.3 is 9.84 Å². The lowest BCUT2D eigenvalue weighted by Crippen LogP contribution is -1.96. The van der Waals surface area contributed by atoms with Gasteiger partial charge in [0, 0.05) is 16.8 Å². The average molecular weight is 330 g/mol. The molecule has 0 saturated carbocycles. The number of allylic oxidation sites excluding steroid dienone is 1. The maximum Gasteiger partial charge on any atom is 0.161 e. The van der Waals surface area contributed by atoms with Crippen molar-refractivity contribution in [2.75, 3.05) is 6.61 Å². The molecule has 23 heavy (non-hydrogen) atoms. The Labute approximate surface area is 141 Å². The highest BCUT2D eigenvalue weighted by Crippen LogP contribution is 2.32. The molecule has 2 aromatic carbocycles. The number of halogens is 1. The number of aryl methyl sites for hydroxylation is 1. The summed E-state index contributed by atoms with van der Waals surface area (Å²) in [6, 6.07) is 9.24. The number of benzene rings is 2. The minimum absolute atomic E-state index is 0.155. The fourth-order valence-electron chi connectivity index (χ4n) is 2.21. The van der Waals surface area contributed by atoms with Crippen molar-refractivity contribution in [3.8, 4) is 11.5 Å². The Morgan fingerprint density at radius 1 is 1.30 bits per heavy atom. The maximum atomic E-state index is 10.2. The summed E-state index contributed by atoms with van der Waals surface area (Å²) in [7, 11) is 0. The van der Waals surface area contributed by atoms with Gasteiger partial charge in [0.25, 0.3) is 0 Å². The van der Waals surface area contributed by atoms with Gasteiger partial charge in [-0.15, -0.1) is 6.58 Å². The zero-order chi connectivity index (χ0) is 16.8. The summed E-state index contributed by atoms with van der Waals surface area (Å²) in [6.45, 7) is 8.06. The third kappa shape index (κ3) is 4.36. The van der Waals surface area contributed by atoms with Crippen LogP contribution >= 0.6 is 11.6 Å². The number of phenols is 1. The van der Waals surface area contributed by atoms with E-state index in [0.717, 1.165) is 22.4 Å². The van der Waals surface area contributed by atoms with E-state index < -0.39 is 0 Å². The molecular formula is C19H20ClNO2. The van der Waals surface area contributed by atoms with Gasteiger partial charge in [-0.2, -0.15) is 0 Å². The largest absolute Gasteiger partial charge is 0.504 e. The first kappa shape index (κ1) is 17.1. The van der Waals surface area contributed by atoms with E-state index in [1.807, 2.05) is 38.1 Å². The predicted octanol–water partition coefficient (Wildman–Crippen LogP) is 5.23. The van der Waals surface area contributed by atoms with Gasteiger partial charge in [0.1, 0.15) is 0 Å². The molecule has 0 aliphatic carbocycles. The number of nitrogens with zero attached hydrogens (tertiary/aromatic N) is 1. The summed E-state index contributed by atoms with van der Waals surface area (Å²) in [4.78, 5) is 4.50. The molecule has 0 heterocycles. The molecule has 0 aliphatic heterocycles. The lowest BCUT2D eigenvalue weighted by atomic mass is 10.1. The quantitative estimate of drug-likeness (QED) is 0.582. The van der Waals surface area contributed by atoms with Crippen LogP contribution in [-0.4, -0.2) is 17.9 Å².